The molecule has 0 saturated heterocycles. The molecule has 0 radical (unpaired) electrons. The van der Waals surface area contributed by atoms with Crippen LogP contribution in [-0.4, -0.2) is 30.9 Å². The van der Waals surface area contributed by atoms with Gasteiger partial charge in [-0.1, -0.05) is 0 Å². The Kier molecular flexibility index (Phi) is 5.94. The first kappa shape index (κ1) is 14.8. The van der Waals surface area contributed by atoms with Crippen molar-refractivity contribution in [2.24, 2.45) is 0 Å². The molecule has 1 rings (SSSR count). The van der Waals surface area contributed by atoms with E-state index in [-0.39, 0.29) is 18.7 Å². The van der Waals surface area contributed by atoms with E-state index in [9.17, 15) is 4.79 Å². The fourth-order valence-electron chi connectivity index (χ4n) is 1.39. The highest BCUT2D eigenvalue weighted by Crippen LogP contribution is 2.27. The van der Waals surface area contributed by atoms with Crippen molar-refractivity contribution in [1.82, 2.24) is 5.32 Å². The van der Waals surface area contributed by atoms with E-state index in [1.807, 2.05) is 6.92 Å². The second-order valence-electron chi connectivity index (χ2n) is 3.86. The predicted molar refractivity (Wildman–Crippen MR) is 74.0 cm³/mol. The van der Waals surface area contributed by atoms with E-state index in [4.69, 9.17) is 9.84 Å². The molecular weight excluding hydrogens is 300 g/mol. The SMILES string of the molecule is COc1cc(NC(=O)N[C@H](C)CCO)ccc1Br. The lowest BCUT2D eigenvalue weighted by molar-refractivity contribution is 0.241. The van der Waals surface area contributed by atoms with Gasteiger partial charge in [-0.2, -0.15) is 0 Å². The lowest BCUT2D eigenvalue weighted by Crippen LogP contribution is -2.36. The minimum Gasteiger partial charge on any atom is -0.495 e. The molecule has 6 heteroatoms. The van der Waals surface area contributed by atoms with Crippen LogP contribution in [-0.2, 0) is 0 Å². The van der Waals surface area contributed by atoms with E-state index in [1.54, 1.807) is 25.3 Å². The molecule has 0 aliphatic carbocycles. The Bertz CT molecular complexity index is 412. The van der Waals surface area contributed by atoms with Crippen molar-refractivity contribution in [3.63, 3.8) is 0 Å². The number of ether oxygens (including phenoxy) is 1. The van der Waals surface area contributed by atoms with Crippen LogP contribution >= 0.6 is 15.9 Å². The number of aliphatic hydroxyl groups is 1. The van der Waals surface area contributed by atoms with Crippen LogP contribution < -0.4 is 15.4 Å². The Balaban J connectivity index is 2.59. The monoisotopic (exact) mass is 316 g/mol. The minimum atomic E-state index is -0.305. The second kappa shape index (κ2) is 7.23. The zero-order valence-corrected chi connectivity index (χ0v) is 12.0. The van der Waals surface area contributed by atoms with Crippen LogP contribution in [0.2, 0.25) is 0 Å². The number of benzene rings is 1. The number of nitrogens with one attached hydrogen (secondary N) is 2. The molecule has 0 fully saturated rings. The molecule has 1 atom stereocenters. The van der Waals surface area contributed by atoms with Crippen molar-refractivity contribution in [2.45, 2.75) is 19.4 Å². The fraction of sp³-hybridized carbons (Fsp3) is 0.417. The average molecular weight is 317 g/mol. The molecule has 2 amide bonds. The standard InChI is InChI=1S/C12H17BrN2O3/c1-8(5-6-16)14-12(17)15-9-3-4-10(13)11(7-9)18-2/h3-4,7-8,16H,5-6H2,1-2H3,(H2,14,15,17)/t8-/m1/s1. The zero-order chi connectivity index (χ0) is 13.5. The summed E-state index contributed by atoms with van der Waals surface area (Å²) in [6.07, 6.45) is 0.525. The van der Waals surface area contributed by atoms with E-state index in [0.29, 0.717) is 17.9 Å². The molecule has 5 nitrogen and oxygen atoms in total. The van der Waals surface area contributed by atoms with E-state index in [1.165, 1.54) is 0 Å². The van der Waals surface area contributed by atoms with Crippen LogP contribution in [0.25, 0.3) is 0 Å². The number of aliphatic hydroxyl groups excluding tert-OH is 1. The molecular formula is C12H17BrN2O3. The van der Waals surface area contributed by atoms with Gasteiger partial charge in [0.1, 0.15) is 5.75 Å². The highest BCUT2D eigenvalue weighted by molar-refractivity contribution is 9.10. The number of amides is 2. The number of hydrogen-bond acceptors (Lipinski definition) is 3. The van der Waals surface area contributed by atoms with Crippen LogP contribution in [0.3, 0.4) is 0 Å². The number of carbonyl (C=O) groups is 1. The van der Waals surface area contributed by atoms with Crippen LogP contribution in [0.1, 0.15) is 13.3 Å². The lowest BCUT2D eigenvalue weighted by atomic mass is 10.2. The van der Waals surface area contributed by atoms with Gasteiger partial charge < -0.3 is 20.5 Å². The summed E-state index contributed by atoms with van der Waals surface area (Å²) in [5.41, 5.74) is 0.642. The highest BCUT2D eigenvalue weighted by atomic mass is 79.9. The van der Waals surface area contributed by atoms with Gasteiger partial charge in [0.2, 0.25) is 0 Å². The summed E-state index contributed by atoms with van der Waals surface area (Å²) in [4.78, 5) is 11.6. The number of anilines is 1. The summed E-state index contributed by atoms with van der Waals surface area (Å²) in [5.74, 6) is 0.649. The summed E-state index contributed by atoms with van der Waals surface area (Å²) >= 11 is 3.34. The molecule has 0 saturated carbocycles. The predicted octanol–water partition coefficient (Wildman–Crippen LogP) is 2.35. The zero-order valence-electron chi connectivity index (χ0n) is 10.4. The third-order valence-corrected chi connectivity index (χ3v) is 3.00. The molecule has 0 spiro atoms. The summed E-state index contributed by atoms with van der Waals surface area (Å²) < 4.78 is 5.96. The van der Waals surface area contributed by atoms with Gasteiger partial charge in [0, 0.05) is 24.4 Å². The third kappa shape index (κ3) is 4.54. The first-order chi connectivity index (χ1) is 8.56. The Hall–Kier alpha value is -1.27. The molecule has 18 heavy (non-hydrogen) atoms. The molecule has 0 bridgehead atoms. The number of hydrogen-bond donors (Lipinski definition) is 3. The smallest absolute Gasteiger partial charge is 0.319 e. The third-order valence-electron chi connectivity index (χ3n) is 2.35. The van der Waals surface area contributed by atoms with E-state index >= 15 is 0 Å². The quantitative estimate of drug-likeness (QED) is 0.781. The maximum Gasteiger partial charge on any atom is 0.319 e. The van der Waals surface area contributed by atoms with E-state index in [2.05, 4.69) is 26.6 Å². The van der Waals surface area contributed by atoms with Crippen molar-refractivity contribution in [3.8, 4) is 5.75 Å². The Morgan fingerprint density at radius 2 is 2.28 bits per heavy atom. The van der Waals surface area contributed by atoms with Crippen LogP contribution in [0.4, 0.5) is 10.5 Å². The fourth-order valence-corrected chi connectivity index (χ4v) is 1.80. The molecule has 0 aliphatic heterocycles. The molecule has 3 N–H and O–H groups in total. The number of rotatable bonds is 5. The highest BCUT2D eigenvalue weighted by Gasteiger charge is 2.08. The summed E-state index contributed by atoms with van der Waals surface area (Å²) in [6, 6.07) is 4.90. The lowest BCUT2D eigenvalue weighted by Gasteiger charge is -2.14. The maximum atomic E-state index is 11.6. The molecule has 0 heterocycles. The van der Waals surface area contributed by atoms with Crippen LogP contribution in [0, 0.1) is 0 Å². The molecule has 0 aliphatic rings. The molecule has 100 valence electrons. The number of methoxy groups -OCH3 is 1. The van der Waals surface area contributed by atoms with Crippen molar-refractivity contribution in [2.75, 3.05) is 19.0 Å². The Morgan fingerprint density at radius 1 is 1.56 bits per heavy atom. The van der Waals surface area contributed by atoms with Crippen LogP contribution in [0.15, 0.2) is 22.7 Å². The van der Waals surface area contributed by atoms with E-state index in [0.717, 1.165) is 4.47 Å². The van der Waals surface area contributed by atoms with E-state index < -0.39 is 0 Å². The van der Waals surface area contributed by atoms with Crippen molar-refractivity contribution in [1.29, 1.82) is 0 Å². The summed E-state index contributed by atoms with van der Waals surface area (Å²) in [6.45, 7) is 1.88. The first-order valence-electron chi connectivity index (χ1n) is 5.58. The van der Waals surface area contributed by atoms with Gasteiger partial charge in [0.25, 0.3) is 0 Å². The maximum absolute atomic E-state index is 11.6. The Labute approximate surface area is 115 Å². The largest absolute Gasteiger partial charge is 0.495 e. The van der Waals surface area contributed by atoms with Gasteiger partial charge in [-0.25, -0.2) is 4.79 Å². The number of carbonyl (C=O) groups excluding carboxylic acids is 1. The van der Waals surface area contributed by atoms with Crippen molar-refractivity contribution < 1.29 is 14.6 Å². The van der Waals surface area contributed by atoms with Gasteiger partial charge in [-0.05, 0) is 41.4 Å². The summed E-state index contributed by atoms with van der Waals surface area (Å²) in [7, 11) is 1.56. The Morgan fingerprint density at radius 3 is 2.89 bits per heavy atom. The molecule has 0 unspecified atom stereocenters. The van der Waals surface area contributed by atoms with Gasteiger partial charge >= 0.3 is 6.03 Å². The van der Waals surface area contributed by atoms with Gasteiger partial charge in [0.15, 0.2) is 0 Å². The normalized spacial score (nSPS) is 11.8. The molecule has 1 aromatic carbocycles. The topological polar surface area (TPSA) is 70.6 Å². The molecule has 0 aromatic heterocycles. The first-order valence-corrected chi connectivity index (χ1v) is 6.38. The van der Waals surface area contributed by atoms with Crippen molar-refractivity contribution in [3.05, 3.63) is 22.7 Å². The minimum absolute atomic E-state index is 0.0492. The second-order valence-corrected chi connectivity index (χ2v) is 4.72. The average Bonchev–Trinajstić information content (AvgIpc) is 2.31. The van der Waals surface area contributed by atoms with Crippen LogP contribution in [0.5, 0.6) is 5.75 Å². The summed E-state index contributed by atoms with van der Waals surface area (Å²) in [5, 5.41) is 14.2. The number of halogens is 1. The molecule has 1 aromatic rings. The van der Waals surface area contributed by atoms with Gasteiger partial charge in [0.05, 0.1) is 11.6 Å². The van der Waals surface area contributed by atoms with Gasteiger partial charge in [-0.3, -0.25) is 0 Å². The van der Waals surface area contributed by atoms with Gasteiger partial charge in [-0.15, -0.1) is 0 Å². The number of urea groups is 1. The van der Waals surface area contributed by atoms with Crippen molar-refractivity contribution >= 4 is 27.6 Å².